The number of hydrogen-bond acceptors (Lipinski definition) is 11. The molecule has 3 atom stereocenters. The fraction of sp³-hybridized carbons (Fsp3) is 0.406. The van der Waals surface area contributed by atoms with Gasteiger partial charge in [-0.25, -0.2) is 9.76 Å². The number of esters is 1. The zero-order valence-corrected chi connectivity index (χ0v) is 30.0. The molecule has 1 fully saturated rings. The lowest BCUT2D eigenvalue weighted by atomic mass is 10.1. The molecule has 1 saturated heterocycles. The number of piperidine rings is 1. The molecule has 0 saturated carbocycles. The molecule has 2 aromatic rings. The molecule has 48 heavy (non-hydrogen) atoms. The maximum Gasteiger partial charge on any atom is 0.322 e. The zero-order chi connectivity index (χ0) is 35.8. The van der Waals surface area contributed by atoms with Crippen molar-refractivity contribution in [1.82, 2.24) is 20.4 Å². The van der Waals surface area contributed by atoms with Gasteiger partial charge in [0.15, 0.2) is 0 Å². The van der Waals surface area contributed by atoms with Crippen LogP contribution in [0.5, 0.6) is 5.75 Å². The molecule has 3 unspecified atom stereocenters. The largest absolute Gasteiger partial charge is 0.468 e. The highest BCUT2D eigenvalue weighted by atomic mass is 35.5. The van der Waals surface area contributed by atoms with E-state index in [-0.39, 0.29) is 45.0 Å². The summed E-state index contributed by atoms with van der Waals surface area (Å²) in [6, 6.07) is 13.0. The molecule has 7 N–H and O–H groups in total. The van der Waals surface area contributed by atoms with Crippen molar-refractivity contribution in [3.05, 3.63) is 75.5 Å². The molecule has 262 valence electrons. The highest BCUT2D eigenvalue weighted by Gasteiger charge is 2.31. The van der Waals surface area contributed by atoms with Crippen LogP contribution in [-0.2, 0) is 19.1 Å². The summed E-state index contributed by atoms with van der Waals surface area (Å²) in [5.41, 5.74) is 11.3. The molecule has 1 heterocycles. The molecule has 1 aliphatic rings. The Morgan fingerprint density at radius 2 is 1.65 bits per heavy atom. The third-order valence-corrected chi connectivity index (χ3v) is 9.55. The minimum absolute atomic E-state index is 0.0178. The van der Waals surface area contributed by atoms with E-state index in [0.29, 0.717) is 31.7 Å². The highest BCUT2D eigenvalue weighted by Crippen LogP contribution is 2.41. The monoisotopic (exact) mass is 723 g/mol. The number of halogens is 2. The first-order chi connectivity index (χ1) is 22.8. The lowest BCUT2D eigenvalue weighted by Gasteiger charge is -2.37. The molecular formula is C32H44Cl2N7O6P. The molecule has 0 aromatic heterocycles. The number of carbonyl (C=O) groups excluding carboxylic acids is 4. The Kier molecular flexibility index (Phi) is 17.5. The van der Waals surface area contributed by atoms with Gasteiger partial charge in [-0.3, -0.25) is 19.4 Å². The van der Waals surface area contributed by atoms with Crippen molar-refractivity contribution >= 4 is 61.9 Å². The number of allylic oxidation sites excluding steroid dienone is 1. The number of nitrogens with two attached hydrogens (primary N) is 2. The minimum atomic E-state index is -1.39. The molecule has 2 amide bonds. The summed E-state index contributed by atoms with van der Waals surface area (Å²) in [7, 11) is 1.44. The predicted octanol–water partition coefficient (Wildman–Crippen LogP) is 3.80. The van der Waals surface area contributed by atoms with E-state index >= 15 is 0 Å². The summed E-state index contributed by atoms with van der Waals surface area (Å²) in [6.07, 6.45) is 3.25. The average molecular weight is 725 g/mol. The Labute approximate surface area is 292 Å². The summed E-state index contributed by atoms with van der Waals surface area (Å²) in [5.74, 6) is -0.627. The Morgan fingerprint density at radius 1 is 1.04 bits per heavy atom. The number of methoxy groups -OCH3 is 1. The Hall–Kier alpha value is -3.58. The fourth-order valence-corrected chi connectivity index (χ4v) is 6.33. The van der Waals surface area contributed by atoms with Crippen LogP contribution in [0, 0.1) is 5.92 Å². The van der Waals surface area contributed by atoms with Gasteiger partial charge in [0, 0.05) is 32.4 Å². The van der Waals surface area contributed by atoms with Crippen molar-refractivity contribution in [3.63, 3.8) is 0 Å². The lowest BCUT2D eigenvalue weighted by Crippen LogP contribution is -2.47. The lowest BCUT2D eigenvalue weighted by molar-refractivity contribution is -0.142. The zero-order valence-electron chi connectivity index (χ0n) is 27.6. The topological polar surface area (TPSA) is 190 Å². The summed E-state index contributed by atoms with van der Waals surface area (Å²) < 4.78 is 13.2. The minimum Gasteiger partial charge on any atom is -0.468 e. The van der Waals surface area contributed by atoms with Crippen LogP contribution in [-0.4, -0.2) is 80.3 Å². The third-order valence-electron chi connectivity index (χ3n) is 7.02. The second kappa shape index (κ2) is 20.7. The van der Waals surface area contributed by atoms with E-state index in [2.05, 4.69) is 25.4 Å². The number of aliphatic imine (C=N–C) groups is 1. The quantitative estimate of drug-likeness (QED) is 0.0668. The van der Waals surface area contributed by atoms with Crippen LogP contribution in [0.3, 0.4) is 0 Å². The second-order valence-electron chi connectivity index (χ2n) is 11.0. The van der Waals surface area contributed by atoms with E-state index in [4.69, 9.17) is 43.9 Å². The summed E-state index contributed by atoms with van der Waals surface area (Å²) in [6.45, 7) is 6.71. The first-order valence-electron chi connectivity index (χ1n) is 15.1. The number of nitrogens with one attached hydrogen (secondary N) is 3. The molecule has 3 rings (SSSR count). The summed E-state index contributed by atoms with van der Waals surface area (Å²) in [5, 5.41) is 9.06. The van der Waals surface area contributed by atoms with E-state index in [1.807, 2.05) is 44.2 Å². The molecular weight excluding hydrogens is 680 g/mol. The number of para-hydroxylation sites is 1. The van der Waals surface area contributed by atoms with E-state index < -0.39 is 32.3 Å². The van der Waals surface area contributed by atoms with Crippen LogP contribution in [0.15, 0.2) is 64.9 Å². The number of rotatable bonds is 13. The molecule has 1 aliphatic heterocycles. The first kappa shape index (κ1) is 40.6. The first-order valence-corrected chi connectivity index (χ1v) is 17.1. The molecule has 0 aliphatic carbocycles. The van der Waals surface area contributed by atoms with Crippen LogP contribution in [0.4, 0.5) is 0 Å². The van der Waals surface area contributed by atoms with Crippen LogP contribution >= 0.6 is 31.7 Å². The van der Waals surface area contributed by atoms with Gasteiger partial charge in [0.1, 0.15) is 23.8 Å². The van der Waals surface area contributed by atoms with Gasteiger partial charge in [0.05, 0.1) is 34.5 Å². The number of hydrogen-bond donors (Lipinski definition) is 5. The molecule has 2 aromatic carbocycles. The van der Waals surface area contributed by atoms with E-state index in [0.717, 1.165) is 6.29 Å². The van der Waals surface area contributed by atoms with Crippen LogP contribution in [0.1, 0.15) is 44.0 Å². The van der Waals surface area contributed by atoms with Gasteiger partial charge in [-0.1, -0.05) is 61.3 Å². The van der Waals surface area contributed by atoms with Gasteiger partial charge >= 0.3 is 5.97 Å². The number of nitrogens with zero attached hydrogens (tertiary/aromatic N) is 2. The van der Waals surface area contributed by atoms with Crippen molar-refractivity contribution in [2.75, 3.05) is 27.2 Å². The smallest absolute Gasteiger partial charge is 0.322 e. The average Bonchev–Trinajstić information content (AvgIpc) is 3.07. The van der Waals surface area contributed by atoms with Crippen LogP contribution in [0.2, 0.25) is 10.0 Å². The van der Waals surface area contributed by atoms with Gasteiger partial charge in [0.2, 0.25) is 8.45 Å². The molecule has 0 spiro atoms. The maximum absolute atomic E-state index is 13.0. The standard InChI is InChI=1S/C27H33Cl2N6O5P.C5H11NO/c1-17(27(38)39-3)34-41(40-19-8-5-4-6-9-19)35-14-12-18(13-15-35)32-26(37)24(30)22(16-31-2)33-25(36)23-20(28)10-7-11-21(23)29;1-4(2)5(6)3-7/h4-11,16-18,34H,12-15,30H2,1-3H3,(H,32,37)(H,33,36);3-5H,6H2,1-2H3/b24-22+,31-16?;. The van der Waals surface area contributed by atoms with E-state index in [1.54, 1.807) is 13.0 Å². The number of amides is 2. The summed E-state index contributed by atoms with van der Waals surface area (Å²) in [4.78, 5) is 51.6. The number of ether oxygens (including phenoxy) is 1. The van der Waals surface area contributed by atoms with Crippen molar-refractivity contribution in [2.45, 2.75) is 51.7 Å². The number of carbonyl (C=O) groups is 4. The van der Waals surface area contributed by atoms with E-state index in [1.165, 1.54) is 32.5 Å². The fourth-order valence-electron chi connectivity index (χ4n) is 4.07. The van der Waals surface area contributed by atoms with Gasteiger partial charge in [-0.2, -0.15) is 0 Å². The molecule has 0 bridgehead atoms. The Morgan fingerprint density at radius 3 is 2.15 bits per heavy atom. The van der Waals surface area contributed by atoms with Gasteiger partial charge in [-0.15, -0.1) is 0 Å². The van der Waals surface area contributed by atoms with Crippen molar-refractivity contribution in [2.24, 2.45) is 22.4 Å². The van der Waals surface area contributed by atoms with Gasteiger partial charge in [0.25, 0.3) is 11.8 Å². The summed E-state index contributed by atoms with van der Waals surface area (Å²) >= 11 is 12.3. The normalized spacial score (nSPS) is 16.1. The van der Waals surface area contributed by atoms with E-state index in [9.17, 15) is 19.2 Å². The third kappa shape index (κ3) is 12.8. The Bertz CT molecular complexity index is 1420. The maximum atomic E-state index is 13.0. The van der Waals surface area contributed by atoms with Crippen molar-refractivity contribution in [3.8, 4) is 5.75 Å². The highest BCUT2D eigenvalue weighted by molar-refractivity contribution is 7.48. The number of benzene rings is 2. The van der Waals surface area contributed by atoms with Gasteiger partial charge in [-0.05, 0) is 49.9 Å². The SMILES string of the molecule is CC(C)C(N)C=O.CN=C/C(NC(=O)c1c(Cl)cccc1Cl)=C(\N)C(=O)NC1CCN(P(NC(C)C(=O)OC)Oc2ccccc2)CC1. The van der Waals surface area contributed by atoms with Gasteiger partial charge < -0.3 is 36.2 Å². The number of aldehydes is 1. The Balaban J connectivity index is 0.00000103. The predicted molar refractivity (Wildman–Crippen MR) is 190 cm³/mol. The van der Waals surface area contributed by atoms with Crippen molar-refractivity contribution in [1.29, 1.82) is 0 Å². The molecule has 0 radical (unpaired) electrons. The second-order valence-corrected chi connectivity index (χ2v) is 13.3. The van der Waals surface area contributed by atoms with Crippen molar-refractivity contribution < 1.29 is 28.4 Å². The molecule has 16 heteroatoms. The van der Waals surface area contributed by atoms with Crippen LogP contribution < -0.4 is 31.7 Å². The van der Waals surface area contributed by atoms with Crippen LogP contribution in [0.25, 0.3) is 0 Å². The molecule has 13 nitrogen and oxygen atoms in total.